The monoisotopic (exact) mass is 262 g/mol. The molecular formula is C11H26N2O3Si. The van der Waals surface area contributed by atoms with E-state index in [0.717, 1.165) is 38.8 Å². The van der Waals surface area contributed by atoms with E-state index < -0.39 is 8.80 Å². The first kappa shape index (κ1) is 15.1. The summed E-state index contributed by atoms with van der Waals surface area (Å²) in [5.74, 6) is 0.527. The summed E-state index contributed by atoms with van der Waals surface area (Å²) in [5, 5.41) is 3.36. The van der Waals surface area contributed by atoms with Crippen molar-refractivity contribution in [1.82, 2.24) is 10.2 Å². The predicted molar refractivity (Wildman–Crippen MR) is 70.1 cm³/mol. The van der Waals surface area contributed by atoms with E-state index in [1.165, 1.54) is 0 Å². The van der Waals surface area contributed by atoms with Crippen LogP contribution in [0.3, 0.4) is 0 Å². The van der Waals surface area contributed by atoms with Crippen molar-refractivity contribution >= 4 is 8.80 Å². The topological polar surface area (TPSA) is 43.0 Å². The maximum atomic E-state index is 5.46. The van der Waals surface area contributed by atoms with Gasteiger partial charge in [-0.25, -0.2) is 0 Å². The van der Waals surface area contributed by atoms with Gasteiger partial charge in [0.05, 0.1) is 0 Å². The highest BCUT2D eigenvalue weighted by molar-refractivity contribution is 6.60. The van der Waals surface area contributed by atoms with Crippen molar-refractivity contribution in [3.05, 3.63) is 0 Å². The average Bonchev–Trinajstić information content (AvgIpc) is 2.37. The molecule has 0 aromatic heterocycles. The van der Waals surface area contributed by atoms with E-state index in [1.807, 2.05) is 0 Å². The lowest BCUT2D eigenvalue weighted by Crippen LogP contribution is -2.48. The first-order valence-electron chi connectivity index (χ1n) is 6.24. The predicted octanol–water partition coefficient (Wildman–Crippen LogP) is 0.406. The molecule has 1 rings (SSSR count). The van der Waals surface area contributed by atoms with Gasteiger partial charge >= 0.3 is 8.80 Å². The van der Waals surface area contributed by atoms with Crippen LogP contribution >= 0.6 is 0 Å². The minimum atomic E-state index is -2.41. The van der Waals surface area contributed by atoms with Crippen LogP contribution in [0.4, 0.5) is 0 Å². The SMILES string of the molecule is CO[Si](CC(C)CN1CCNCC1)(OC)OC. The summed E-state index contributed by atoms with van der Waals surface area (Å²) in [5.41, 5.74) is 0. The van der Waals surface area contributed by atoms with Crippen molar-refractivity contribution < 1.29 is 13.3 Å². The number of rotatable bonds is 7. The zero-order valence-electron chi connectivity index (χ0n) is 11.5. The number of hydrogen-bond acceptors (Lipinski definition) is 5. The van der Waals surface area contributed by atoms with Gasteiger partial charge in [-0.1, -0.05) is 6.92 Å². The van der Waals surface area contributed by atoms with Crippen LogP contribution in [0.15, 0.2) is 0 Å². The third kappa shape index (κ3) is 4.65. The van der Waals surface area contributed by atoms with Crippen molar-refractivity contribution in [2.24, 2.45) is 5.92 Å². The zero-order valence-corrected chi connectivity index (χ0v) is 12.5. The first-order valence-corrected chi connectivity index (χ1v) is 8.17. The Morgan fingerprint density at radius 1 is 1.12 bits per heavy atom. The summed E-state index contributed by atoms with van der Waals surface area (Å²) < 4.78 is 16.4. The highest BCUT2D eigenvalue weighted by Crippen LogP contribution is 2.20. The van der Waals surface area contributed by atoms with Crippen LogP contribution in [-0.2, 0) is 13.3 Å². The molecule has 0 saturated carbocycles. The van der Waals surface area contributed by atoms with E-state index in [0.29, 0.717) is 5.92 Å². The fourth-order valence-corrected chi connectivity index (χ4v) is 4.31. The Bertz CT molecular complexity index is 201. The normalized spacial score (nSPS) is 20.5. The molecule has 5 nitrogen and oxygen atoms in total. The van der Waals surface area contributed by atoms with Crippen LogP contribution in [0.1, 0.15) is 6.92 Å². The van der Waals surface area contributed by atoms with Crippen molar-refractivity contribution in [3.63, 3.8) is 0 Å². The third-order valence-electron chi connectivity index (χ3n) is 3.31. The molecule has 0 bridgehead atoms. The van der Waals surface area contributed by atoms with E-state index in [1.54, 1.807) is 21.3 Å². The lowest BCUT2D eigenvalue weighted by Gasteiger charge is -2.32. The van der Waals surface area contributed by atoms with Crippen LogP contribution < -0.4 is 5.32 Å². The Balaban J connectivity index is 2.38. The van der Waals surface area contributed by atoms with Gasteiger partial charge < -0.3 is 23.5 Å². The van der Waals surface area contributed by atoms with E-state index in [4.69, 9.17) is 13.3 Å². The lowest BCUT2D eigenvalue weighted by atomic mass is 10.2. The molecule has 1 aliphatic rings. The molecule has 0 aromatic rings. The third-order valence-corrected chi connectivity index (χ3v) is 6.37. The summed E-state index contributed by atoms with van der Waals surface area (Å²) in [7, 11) is 2.62. The van der Waals surface area contributed by atoms with Gasteiger partial charge in [-0.3, -0.25) is 0 Å². The maximum Gasteiger partial charge on any atom is 0.500 e. The second kappa shape index (κ2) is 7.45. The molecule has 0 spiro atoms. The van der Waals surface area contributed by atoms with Crippen molar-refractivity contribution in [2.75, 3.05) is 54.1 Å². The van der Waals surface area contributed by atoms with Gasteiger partial charge in [-0.15, -0.1) is 0 Å². The molecule has 1 fully saturated rings. The average molecular weight is 262 g/mol. The van der Waals surface area contributed by atoms with E-state index in [-0.39, 0.29) is 0 Å². The standard InChI is InChI=1S/C11H26N2O3Si/c1-11(9-13-7-5-12-6-8-13)10-17(14-2,15-3)16-4/h11-12H,5-10H2,1-4H3. The second-order valence-corrected chi connectivity index (χ2v) is 7.65. The van der Waals surface area contributed by atoms with Gasteiger partial charge in [-0.2, -0.15) is 0 Å². The van der Waals surface area contributed by atoms with Gasteiger partial charge in [0.15, 0.2) is 0 Å². The highest BCUT2D eigenvalue weighted by atomic mass is 28.4. The summed E-state index contributed by atoms with van der Waals surface area (Å²) >= 11 is 0. The minimum absolute atomic E-state index is 0.527. The minimum Gasteiger partial charge on any atom is -0.377 e. The van der Waals surface area contributed by atoms with Gasteiger partial charge in [0.25, 0.3) is 0 Å². The van der Waals surface area contributed by atoms with E-state index in [9.17, 15) is 0 Å². The Morgan fingerprint density at radius 3 is 2.12 bits per heavy atom. The quantitative estimate of drug-likeness (QED) is 0.673. The number of nitrogens with zero attached hydrogens (tertiary/aromatic N) is 1. The van der Waals surface area contributed by atoms with Crippen molar-refractivity contribution in [3.8, 4) is 0 Å². The number of hydrogen-bond donors (Lipinski definition) is 1. The summed E-state index contributed by atoms with van der Waals surface area (Å²) in [4.78, 5) is 2.49. The fraction of sp³-hybridized carbons (Fsp3) is 1.00. The van der Waals surface area contributed by atoms with Gasteiger partial charge in [0.1, 0.15) is 0 Å². The van der Waals surface area contributed by atoms with E-state index in [2.05, 4.69) is 17.1 Å². The molecule has 0 aromatic carbocycles. The lowest BCUT2D eigenvalue weighted by molar-refractivity contribution is 0.114. The molecule has 1 unspecified atom stereocenters. The van der Waals surface area contributed by atoms with Crippen LogP contribution in [0.25, 0.3) is 0 Å². The smallest absolute Gasteiger partial charge is 0.377 e. The largest absolute Gasteiger partial charge is 0.500 e. The highest BCUT2D eigenvalue weighted by Gasteiger charge is 2.39. The Kier molecular flexibility index (Phi) is 6.61. The summed E-state index contributed by atoms with van der Waals surface area (Å²) in [6, 6.07) is 0.875. The van der Waals surface area contributed by atoms with Crippen LogP contribution in [0.5, 0.6) is 0 Å². The van der Waals surface area contributed by atoms with Gasteiger partial charge in [0, 0.05) is 60.1 Å². The molecule has 1 heterocycles. The molecule has 0 aliphatic carbocycles. The Morgan fingerprint density at radius 2 is 1.65 bits per heavy atom. The van der Waals surface area contributed by atoms with Crippen LogP contribution in [0.2, 0.25) is 6.04 Å². The molecule has 1 N–H and O–H groups in total. The van der Waals surface area contributed by atoms with Gasteiger partial charge in [-0.05, 0) is 5.92 Å². The van der Waals surface area contributed by atoms with Crippen LogP contribution in [0, 0.1) is 5.92 Å². The molecule has 1 saturated heterocycles. The first-order chi connectivity index (χ1) is 8.15. The molecule has 0 radical (unpaired) electrons. The number of piperazine rings is 1. The molecule has 102 valence electrons. The number of nitrogens with one attached hydrogen (secondary N) is 1. The molecule has 6 heteroatoms. The van der Waals surface area contributed by atoms with Gasteiger partial charge in [0.2, 0.25) is 0 Å². The fourth-order valence-electron chi connectivity index (χ4n) is 2.33. The molecule has 17 heavy (non-hydrogen) atoms. The molecule has 0 amide bonds. The molecule has 1 aliphatic heterocycles. The van der Waals surface area contributed by atoms with Crippen molar-refractivity contribution in [1.29, 1.82) is 0 Å². The van der Waals surface area contributed by atoms with E-state index >= 15 is 0 Å². The molecular weight excluding hydrogens is 236 g/mol. The summed E-state index contributed by atoms with van der Waals surface area (Å²) in [6.45, 7) is 7.77. The summed E-state index contributed by atoms with van der Waals surface area (Å²) in [6.07, 6.45) is 0. The maximum absolute atomic E-state index is 5.46. The Hall–Kier alpha value is 0.0169. The zero-order chi connectivity index (χ0) is 12.7. The van der Waals surface area contributed by atoms with Crippen molar-refractivity contribution in [2.45, 2.75) is 13.0 Å². The van der Waals surface area contributed by atoms with Crippen LogP contribution in [-0.4, -0.2) is 67.8 Å². The second-order valence-electron chi connectivity index (χ2n) is 4.66. The molecule has 1 atom stereocenters. The Labute approximate surface area is 106 Å².